The Morgan fingerprint density at radius 1 is 1.14 bits per heavy atom. The molecule has 2 aromatic rings. The Hall–Kier alpha value is -2.61. The van der Waals surface area contributed by atoms with Gasteiger partial charge in [-0.1, -0.05) is 6.07 Å². The Labute approximate surface area is 173 Å². The number of amides is 2. The van der Waals surface area contributed by atoms with E-state index in [2.05, 4.69) is 25.8 Å². The van der Waals surface area contributed by atoms with Gasteiger partial charge in [0.05, 0.1) is 0 Å². The van der Waals surface area contributed by atoms with Gasteiger partial charge >= 0.3 is 0 Å². The van der Waals surface area contributed by atoms with Crippen molar-refractivity contribution < 1.29 is 14.3 Å². The van der Waals surface area contributed by atoms with Crippen molar-refractivity contribution in [2.45, 2.75) is 0 Å². The van der Waals surface area contributed by atoms with Crippen molar-refractivity contribution >= 4 is 33.6 Å². The van der Waals surface area contributed by atoms with E-state index in [4.69, 9.17) is 4.74 Å². The molecule has 28 heavy (non-hydrogen) atoms. The summed E-state index contributed by atoms with van der Waals surface area (Å²) in [7, 11) is 3.35. The molecule has 0 aliphatic carbocycles. The predicted molar refractivity (Wildman–Crippen MR) is 111 cm³/mol. The second-order valence-corrected chi connectivity index (χ2v) is 7.63. The van der Waals surface area contributed by atoms with E-state index in [-0.39, 0.29) is 18.4 Å². The summed E-state index contributed by atoms with van der Waals surface area (Å²) in [5.41, 5.74) is 0.560. The molecule has 0 bridgehead atoms. The number of anilines is 1. The molecule has 1 aromatic heterocycles. The van der Waals surface area contributed by atoms with Gasteiger partial charge in [0, 0.05) is 56.5 Å². The van der Waals surface area contributed by atoms with E-state index < -0.39 is 0 Å². The van der Waals surface area contributed by atoms with E-state index in [9.17, 15) is 9.59 Å². The molecule has 1 aliphatic heterocycles. The number of likely N-dealkylation sites (N-methyl/N-ethyl adjacent to an activating group) is 1. The first-order valence-corrected chi connectivity index (χ1v) is 9.82. The average molecular weight is 447 g/mol. The molecule has 8 heteroatoms. The van der Waals surface area contributed by atoms with Gasteiger partial charge in [0.2, 0.25) is 0 Å². The fraction of sp³-hybridized carbons (Fsp3) is 0.350. The number of carbonyl (C=O) groups excluding carboxylic acids is 2. The van der Waals surface area contributed by atoms with Gasteiger partial charge in [-0.15, -0.1) is 0 Å². The first-order chi connectivity index (χ1) is 13.4. The molecule has 148 valence electrons. The highest BCUT2D eigenvalue weighted by atomic mass is 79.9. The summed E-state index contributed by atoms with van der Waals surface area (Å²) in [4.78, 5) is 34.4. The minimum Gasteiger partial charge on any atom is -0.484 e. The lowest BCUT2D eigenvalue weighted by Gasteiger charge is -2.35. The predicted octanol–water partition coefficient (Wildman–Crippen LogP) is 2.27. The summed E-state index contributed by atoms with van der Waals surface area (Å²) < 4.78 is 6.45. The summed E-state index contributed by atoms with van der Waals surface area (Å²) in [6.45, 7) is 2.66. The van der Waals surface area contributed by atoms with Gasteiger partial charge in [-0.05, 0) is 46.3 Å². The maximum Gasteiger partial charge on any atom is 0.259 e. The lowest BCUT2D eigenvalue weighted by atomic mass is 10.1. The standard InChI is InChI=1S/C20H23BrN4O3/c1-23(2)19(26)14-28-17-5-3-4-15(12-17)20(27)25-10-8-24(9-11-25)18-7-6-16(21)13-22-18/h3-7,12-13H,8-11,14H2,1-2H3. The lowest BCUT2D eigenvalue weighted by Crippen LogP contribution is -2.49. The molecule has 7 nitrogen and oxygen atoms in total. The molecule has 0 radical (unpaired) electrons. The Kier molecular flexibility index (Phi) is 6.51. The van der Waals surface area contributed by atoms with Crippen LogP contribution < -0.4 is 9.64 Å². The van der Waals surface area contributed by atoms with Crippen LogP contribution in [-0.2, 0) is 4.79 Å². The van der Waals surface area contributed by atoms with Crippen LogP contribution in [0.25, 0.3) is 0 Å². The van der Waals surface area contributed by atoms with Gasteiger partial charge in [0.1, 0.15) is 11.6 Å². The Balaban J connectivity index is 1.58. The van der Waals surface area contributed by atoms with Crippen molar-refractivity contribution in [1.29, 1.82) is 0 Å². The van der Waals surface area contributed by atoms with Crippen LogP contribution in [0.15, 0.2) is 47.1 Å². The minimum atomic E-state index is -0.130. The third-order valence-corrected chi connectivity index (χ3v) is 5.01. The Bertz CT molecular complexity index is 834. The van der Waals surface area contributed by atoms with Gasteiger partial charge in [-0.3, -0.25) is 9.59 Å². The molecule has 0 unspecified atom stereocenters. The van der Waals surface area contributed by atoms with Crippen molar-refractivity contribution in [2.24, 2.45) is 0 Å². The molecular weight excluding hydrogens is 424 g/mol. The number of benzene rings is 1. The molecule has 0 spiro atoms. The normalized spacial score (nSPS) is 14.0. The monoisotopic (exact) mass is 446 g/mol. The molecule has 3 rings (SSSR count). The number of ether oxygens (including phenoxy) is 1. The molecule has 2 heterocycles. The third kappa shape index (κ3) is 5.01. The molecule has 1 aromatic carbocycles. The summed E-state index contributed by atoms with van der Waals surface area (Å²) >= 11 is 3.39. The highest BCUT2D eigenvalue weighted by Crippen LogP contribution is 2.19. The molecule has 2 amide bonds. The topological polar surface area (TPSA) is 66.0 Å². The van der Waals surface area contributed by atoms with Crippen LogP contribution in [0.2, 0.25) is 0 Å². The average Bonchev–Trinajstić information content (AvgIpc) is 2.72. The fourth-order valence-corrected chi connectivity index (χ4v) is 3.10. The van der Waals surface area contributed by atoms with Crippen molar-refractivity contribution in [1.82, 2.24) is 14.8 Å². The first-order valence-electron chi connectivity index (χ1n) is 9.03. The zero-order valence-corrected chi connectivity index (χ0v) is 17.6. The van der Waals surface area contributed by atoms with Crippen LogP contribution in [0.3, 0.4) is 0 Å². The van der Waals surface area contributed by atoms with Crippen molar-refractivity contribution in [3.8, 4) is 5.75 Å². The van der Waals surface area contributed by atoms with E-state index >= 15 is 0 Å². The summed E-state index contributed by atoms with van der Waals surface area (Å²) in [5.74, 6) is 1.26. The maximum absolute atomic E-state index is 12.8. The number of piperazine rings is 1. The highest BCUT2D eigenvalue weighted by Gasteiger charge is 2.23. The highest BCUT2D eigenvalue weighted by molar-refractivity contribution is 9.10. The fourth-order valence-electron chi connectivity index (χ4n) is 2.87. The van der Waals surface area contributed by atoms with Crippen molar-refractivity contribution in [3.05, 3.63) is 52.6 Å². The van der Waals surface area contributed by atoms with Crippen molar-refractivity contribution in [3.63, 3.8) is 0 Å². The third-order valence-electron chi connectivity index (χ3n) is 4.54. The number of hydrogen-bond donors (Lipinski definition) is 0. The van der Waals surface area contributed by atoms with Crippen LogP contribution in [-0.4, -0.2) is 73.5 Å². The number of nitrogens with zero attached hydrogens (tertiary/aromatic N) is 4. The number of carbonyl (C=O) groups is 2. The summed E-state index contributed by atoms with van der Waals surface area (Å²) in [5, 5.41) is 0. The van der Waals surface area contributed by atoms with Crippen LogP contribution in [0.1, 0.15) is 10.4 Å². The van der Waals surface area contributed by atoms with E-state index in [1.165, 1.54) is 4.90 Å². The molecule has 0 atom stereocenters. The van der Waals surface area contributed by atoms with Crippen LogP contribution in [0.4, 0.5) is 5.82 Å². The largest absolute Gasteiger partial charge is 0.484 e. The molecule has 1 fully saturated rings. The van der Waals surface area contributed by atoms with E-state index in [1.807, 2.05) is 17.0 Å². The van der Waals surface area contributed by atoms with E-state index in [0.717, 1.165) is 23.4 Å². The van der Waals surface area contributed by atoms with Crippen molar-refractivity contribution in [2.75, 3.05) is 51.8 Å². The van der Waals surface area contributed by atoms with Crippen LogP contribution in [0, 0.1) is 0 Å². The van der Waals surface area contributed by atoms with Gasteiger partial charge < -0.3 is 19.4 Å². The van der Waals surface area contributed by atoms with Crippen LogP contribution >= 0.6 is 15.9 Å². The summed E-state index contributed by atoms with van der Waals surface area (Å²) in [6.07, 6.45) is 1.78. The second-order valence-electron chi connectivity index (χ2n) is 6.72. The number of pyridine rings is 1. The molecular formula is C20H23BrN4O3. The molecule has 1 saturated heterocycles. The maximum atomic E-state index is 12.8. The Morgan fingerprint density at radius 3 is 2.54 bits per heavy atom. The number of aromatic nitrogens is 1. The molecule has 0 N–H and O–H groups in total. The van der Waals surface area contributed by atoms with E-state index in [1.54, 1.807) is 44.6 Å². The first kappa shape index (κ1) is 20.1. The van der Waals surface area contributed by atoms with Gasteiger partial charge in [-0.25, -0.2) is 4.98 Å². The van der Waals surface area contributed by atoms with Crippen LogP contribution in [0.5, 0.6) is 5.75 Å². The zero-order valence-electron chi connectivity index (χ0n) is 16.0. The van der Waals surface area contributed by atoms with E-state index in [0.29, 0.717) is 24.4 Å². The SMILES string of the molecule is CN(C)C(=O)COc1cccc(C(=O)N2CCN(c3ccc(Br)cn3)CC2)c1. The number of hydrogen-bond acceptors (Lipinski definition) is 5. The van der Waals surface area contributed by atoms with Gasteiger partial charge in [0.25, 0.3) is 11.8 Å². The number of rotatable bonds is 5. The zero-order chi connectivity index (χ0) is 20.1. The smallest absolute Gasteiger partial charge is 0.259 e. The quantitative estimate of drug-likeness (QED) is 0.704. The molecule has 0 saturated carbocycles. The minimum absolute atomic E-state index is 0.0344. The lowest BCUT2D eigenvalue weighted by molar-refractivity contribution is -0.130. The summed E-state index contributed by atoms with van der Waals surface area (Å²) in [6, 6.07) is 10.9. The second kappa shape index (κ2) is 9.05. The Morgan fingerprint density at radius 2 is 1.89 bits per heavy atom. The molecule has 1 aliphatic rings. The van der Waals surface area contributed by atoms with Gasteiger partial charge in [0.15, 0.2) is 6.61 Å². The van der Waals surface area contributed by atoms with Gasteiger partial charge in [-0.2, -0.15) is 0 Å². The number of halogens is 1.